The van der Waals surface area contributed by atoms with E-state index >= 15 is 0 Å². The van der Waals surface area contributed by atoms with Gasteiger partial charge < -0.3 is 19.5 Å². The van der Waals surface area contributed by atoms with E-state index in [2.05, 4.69) is 10.1 Å². The van der Waals surface area contributed by atoms with Gasteiger partial charge in [-0.05, 0) is 24.3 Å². The van der Waals surface area contributed by atoms with E-state index < -0.39 is 24.5 Å². The number of esters is 2. The first-order valence-electron chi connectivity index (χ1n) is 7.54. The number of halogens is 2. The lowest BCUT2D eigenvalue weighted by molar-refractivity contribution is -0.119. The number of hydrogen-bond donors (Lipinski definition) is 1. The summed E-state index contributed by atoms with van der Waals surface area (Å²) in [7, 11) is 2.62. The third-order valence-electron chi connectivity index (χ3n) is 3.38. The van der Waals surface area contributed by atoms with Crippen molar-refractivity contribution in [1.82, 2.24) is 0 Å². The molecule has 1 N–H and O–H groups in total. The Morgan fingerprint density at radius 3 is 2.22 bits per heavy atom. The van der Waals surface area contributed by atoms with Crippen LogP contribution in [0, 0.1) is 0 Å². The van der Waals surface area contributed by atoms with E-state index in [1.165, 1.54) is 38.5 Å². The Labute approximate surface area is 165 Å². The molecular formula is C18H15Cl2NO6. The maximum atomic E-state index is 12.1. The zero-order valence-electron chi connectivity index (χ0n) is 14.4. The van der Waals surface area contributed by atoms with Crippen molar-refractivity contribution in [3.63, 3.8) is 0 Å². The number of rotatable bonds is 6. The Morgan fingerprint density at radius 2 is 1.63 bits per heavy atom. The molecule has 0 heterocycles. The van der Waals surface area contributed by atoms with E-state index in [4.69, 9.17) is 32.7 Å². The van der Waals surface area contributed by atoms with Crippen LogP contribution < -0.4 is 10.1 Å². The van der Waals surface area contributed by atoms with Crippen LogP contribution in [0.3, 0.4) is 0 Å². The second kappa shape index (κ2) is 9.25. The molecule has 0 bridgehead atoms. The van der Waals surface area contributed by atoms with Gasteiger partial charge in [-0.1, -0.05) is 35.3 Å². The van der Waals surface area contributed by atoms with Crippen molar-refractivity contribution in [3.8, 4) is 5.75 Å². The van der Waals surface area contributed by atoms with Gasteiger partial charge in [0.1, 0.15) is 0 Å². The number of ether oxygens (including phenoxy) is 3. The number of methoxy groups -OCH3 is 2. The summed E-state index contributed by atoms with van der Waals surface area (Å²) in [5, 5.41) is 2.75. The van der Waals surface area contributed by atoms with Crippen LogP contribution in [0.4, 0.5) is 5.69 Å². The van der Waals surface area contributed by atoms with Crippen molar-refractivity contribution in [2.24, 2.45) is 0 Å². The fraction of sp³-hybridized carbons (Fsp3) is 0.167. The van der Waals surface area contributed by atoms with E-state index in [9.17, 15) is 14.4 Å². The summed E-state index contributed by atoms with van der Waals surface area (Å²) in [6.07, 6.45) is 0. The van der Waals surface area contributed by atoms with Crippen molar-refractivity contribution >= 4 is 46.7 Å². The largest absolute Gasteiger partial charge is 0.494 e. The summed E-state index contributed by atoms with van der Waals surface area (Å²) in [5.41, 5.74) is 0.475. The molecule has 0 fully saturated rings. The van der Waals surface area contributed by atoms with Crippen LogP contribution in [0.2, 0.25) is 10.0 Å². The zero-order valence-corrected chi connectivity index (χ0v) is 15.9. The first-order chi connectivity index (χ1) is 12.9. The summed E-state index contributed by atoms with van der Waals surface area (Å²) < 4.78 is 14.6. The van der Waals surface area contributed by atoms with Crippen molar-refractivity contribution in [2.75, 3.05) is 26.1 Å². The van der Waals surface area contributed by atoms with Crippen LogP contribution in [0.1, 0.15) is 20.7 Å². The molecule has 7 nitrogen and oxygen atoms in total. The van der Waals surface area contributed by atoms with Crippen LogP contribution in [0.25, 0.3) is 0 Å². The fourth-order valence-electron chi connectivity index (χ4n) is 2.15. The molecule has 0 radical (unpaired) electrons. The van der Waals surface area contributed by atoms with Gasteiger partial charge in [0.2, 0.25) is 0 Å². The lowest BCUT2D eigenvalue weighted by Crippen LogP contribution is -2.22. The molecule has 142 valence electrons. The number of carbonyl (C=O) groups excluding carboxylic acids is 3. The van der Waals surface area contributed by atoms with Gasteiger partial charge in [0.25, 0.3) is 5.91 Å². The average molecular weight is 412 g/mol. The monoisotopic (exact) mass is 411 g/mol. The maximum absolute atomic E-state index is 12.1. The highest BCUT2D eigenvalue weighted by molar-refractivity contribution is 6.37. The Balaban J connectivity index is 2.02. The van der Waals surface area contributed by atoms with Gasteiger partial charge in [0.15, 0.2) is 12.4 Å². The van der Waals surface area contributed by atoms with Crippen LogP contribution in [0.5, 0.6) is 5.75 Å². The highest BCUT2D eigenvalue weighted by Crippen LogP contribution is 2.34. The normalized spacial score (nSPS) is 10.1. The molecule has 0 aliphatic heterocycles. The quantitative estimate of drug-likeness (QED) is 0.730. The van der Waals surface area contributed by atoms with Gasteiger partial charge in [0, 0.05) is 0 Å². The summed E-state index contributed by atoms with van der Waals surface area (Å²) in [6.45, 7) is -0.574. The zero-order chi connectivity index (χ0) is 20.0. The number of amides is 1. The molecule has 2 rings (SSSR count). The van der Waals surface area contributed by atoms with Crippen LogP contribution in [-0.2, 0) is 14.3 Å². The Kier molecular flexibility index (Phi) is 7.04. The minimum Gasteiger partial charge on any atom is -0.494 e. The van der Waals surface area contributed by atoms with E-state index in [1.54, 1.807) is 12.1 Å². The minimum atomic E-state index is -0.794. The summed E-state index contributed by atoms with van der Waals surface area (Å²) in [4.78, 5) is 35.8. The summed E-state index contributed by atoms with van der Waals surface area (Å²) in [5.74, 6) is -1.80. The van der Waals surface area contributed by atoms with Gasteiger partial charge in [-0.15, -0.1) is 0 Å². The Morgan fingerprint density at radius 1 is 1.00 bits per heavy atom. The highest BCUT2D eigenvalue weighted by Gasteiger charge is 2.17. The molecule has 0 saturated heterocycles. The molecular weight excluding hydrogens is 397 g/mol. The molecule has 9 heteroatoms. The van der Waals surface area contributed by atoms with E-state index in [0.717, 1.165) is 0 Å². The number of para-hydroxylation sites is 1. The van der Waals surface area contributed by atoms with E-state index in [0.29, 0.717) is 0 Å². The number of nitrogens with one attached hydrogen (secondary N) is 1. The molecule has 0 spiro atoms. The van der Waals surface area contributed by atoms with Gasteiger partial charge >= 0.3 is 11.9 Å². The molecule has 27 heavy (non-hydrogen) atoms. The van der Waals surface area contributed by atoms with Crippen molar-refractivity contribution in [2.45, 2.75) is 0 Å². The van der Waals surface area contributed by atoms with E-state index in [1.807, 2.05) is 0 Å². The van der Waals surface area contributed by atoms with E-state index in [-0.39, 0.29) is 32.6 Å². The number of anilines is 1. The number of carbonyl (C=O) groups is 3. The smallest absolute Gasteiger partial charge is 0.339 e. The molecule has 0 aromatic heterocycles. The van der Waals surface area contributed by atoms with Gasteiger partial charge in [-0.2, -0.15) is 0 Å². The van der Waals surface area contributed by atoms with Crippen molar-refractivity contribution < 1.29 is 28.6 Å². The second-order valence-corrected chi connectivity index (χ2v) is 5.95. The lowest BCUT2D eigenvalue weighted by Gasteiger charge is -2.11. The van der Waals surface area contributed by atoms with Crippen LogP contribution in [-0.4, -0.2) is 38.7 Å². The van der Waals surface area contributed by atoms with Crippen LogP contribution in [0.15, 0.2) is 36.4 Å². The summed E-state index contributed by atoms with van der Waals surface area (Å²) >= 11 is 11.9. The predicted octanol–water partition coefficient (Wildman–Crippen LogP) is 3.58. The molecule has 2 aromatic rings. The summed E-state index contributed by atoms with van der Waals surface area (Å²) in [6, 6.07) is 8.91. The number of benzene rings is 2. The van der Waals surface area contributed by atoms with Gasteiger partial charge in [0.05, 0.1) is 41.1 Å². The standard InChI is InChI=1S/C18H15Cl2NO6/c1-25-16-12(19)7-10(8-13(16)20)17(23)27-9-15(22)21-14-6-4-3-5-11(14)18(24)26-2/h3-8H,9H2,1-2H3,(H,21,22). The third kappa shape index (κ3) is 5.12. The van der Waals surface area contributed by atoms with Gasteiger partial charge in [-0.3, -0.25) is 4.79 Å². The molecule has 0 aliphatic rings. The molecule has 0 aliphatic carbocycles. The third-order valence-corrected chi connectivity index (χ3v) is 3.94. The van der Waals surface area contributed by atoms with Crippen molar-refractivity contribution in [3.05, 3.63) is 57.6 Å². The Bertz CT molecular complexity index is 861. The molecule has 0 atom stereocenters. The fourth-order valence-corrected chi connectivity index (χ4v) is 2.79. The van der Waals surface area contributed by atoms with Gasteiger partial charge in [-0.25, -0.2) is 9.59 Å². The average Bonchev–Trinajstić information content (AvgIpc) is 2.65. The van der Waals surface area contributed by atoms with Crippen molar-refractivity contribution in [1.29, 1.82) is 0 Å². The first-order valence-corrected chi connectivity index (χ1v) is 8.30. The molecule has 2 aromatic carbocycles. The first kappa shape index (κ1) is 20.5. The van der Waals surface area contributed by atoms with Crippen LogP contribution >= 0.6 is 23.2 Å². The lowest BCUT2D eigenvalue weighted by atomic mass is 10.2. The topological polar surface area (TPSA) is 90.9 Å². The predicted molar refractivity (Wildman–Crippen MR) is 99.7 cm³/mol. The molecule has 1 amide bonds. The maximum Gasteiger partial charge on any atom is 0.339 e. The molecule has 0 unspecified atom stereocenters. The SMILES string of the molecule is COC(=O)c1ccccc1NC(=O)COC(=O)c1cc(Cl)c(OC)c(Cl)c1. The number of hydrogen-bond acceptors (Lipinski definition) is 6. The Hall–Kier alpha value is -2.77. The highest BCUT2D eigenvalue weighted by atomic mass is 35.5. The molecule has 0 saturated carbocycles. The second-order valence-electron chi connectivity index (χ2n) is 5.13. The minimum absolute atomic E-state index is 0.0635.